The summed E-state index contributed by atoms with van der Waals surface area (Å²) >= 11 is 0. The molecule has 8 nitrogen and oxygen atoms in total. The summed E-state index contributed by atoms with van der Waals surface area (Å²) in [5.41, 5.74) is 0.467. The molecule has 2 rings (SSSR count). The first-order chi connectivity index (χ1) is 11.8. The zero-order valence-corrected chi connectivity index (χ0v) is 14.6. The number of methoxy groups -OCH3 is 3. The van der Waals surface area contributed by atoms with Gasteiger partial charge in [-0.25, -0.2) is 4.57 Å². The predicted octanol–water partition coefficient (Wildman–Crippen LogP) is 2.41. The van der Waals surface area contributed by atoms with Gasteiger partial charge in [0.2, 0.25) is 5.78 Å². The van der Waals surface area contributed by atoms with E-state index in [-0.39, 0.29) is 34.2 Å². The van der Waals surface area contributed by atoms with Crippen LogP contribution in [-0.2, 0) is 4.57 Å². The van der Waals surface area contributed by atoms with Crippen LogP contribution in [0.25, 0.3) is 0 Å². The first-order valence-electron chi connectivity index (χ1n) is 6.99. The lowest BCUT2D eigenvalue weighted by Crippen LogP contribution is -2.07. The summed E-state index contributed by atoms with van der Waals surface area (Å²) in [4.78, 5) is 30.4. The summed E-state index contributed by atoms with van der Waals surface area (Å²) in [6, 6.07) is 8.46. The van der Waals surface area contributed by atoms with Crippen molar-refractivity contribution in [3.05, 3.63) is 47.5 Å². The fourth-order valence-electron chi connectivity index (χ4n) is 2.18. The zero-order valence-electron chi connectivity index (χ0n) is 13.8. The molecule has 9 heteroatoms. The van der Waals surface area contributed by atoms with Gasteiger partial charge in [0.25, 0.3) is 0 Å². The second-order valence-corrected chi connectivity index (χ2v) is 6.01. The van der Waals surface area contributed by atoms with Crippen molar-refractivity contribution in [2.24, 2.45) is 0 Å². The van der Waals surface area contributed by atoms with Crippen LogP contribution in [0, 0.1) is 0 Å². The van der Waals surface area contributed by atoms with Gasteiger partial charge in [-0.05, 0) is 24.3 Å². The van der Waals surface area contributed by atoms with E-state index in [1.807, 2.05) is 0 Å². The van der Waals surface area contributed by atoms with Crippen molar-refractivity contribution < 1.29 is 37.9 Å². The lowest BCUT2D eigenvalue weighted by atomic mass is 10.0. The second kappa shape index (κ2) is 7.57. The molecule has 0 saturated heterocycles. The monoisotopic (exact) mass is 368 g/mol. The van der Waals surface area contributed by atoms with Gasteiger partial charge in [-0.1, -0.05) is 0 Å². The minimum Gasteiger partial charge on any atom is -0.496 e. The summed E-state index contributed by atoms with van der Waals surface area (Å²) < 4.78 is 30.9. The van der Waals surface area contributed by atoms with Crippen LogP contribution in [-0.4, -0.2) is 36.9 Å². The molecule has 0 aromatic heterocycles. The molecule has 0 bridgehead atoms. The van der Waals surface area contributed by atoms with E-state index in [1.54, 1.807) is 12.1 Å². The van der Waals surface area contributed by atoms with Gasteiger partial charge in [0, 0.05) is 17.7 Å². The standard InChI is InChI=1S/C16H17O8P/c1-21-12-8-13(22-2)15(14(9-12)23-3)16(17)10-4-6-11(7-5-10)24-25(18,19)20/h4-9H,1-3H3,(H2,18,19,20). The van der Waals surface area contributed by atoms with Gasteiger partial charge < -0.3 is 18.7 Å². The van der Waals surface area contributed by atoms with Gasteiger partial charge in [0.05, 0.1) is 21.3 Å². The van der Waals surface area contributed by atoms with Gasteiger partial charge in [-0.2, -0.15) is 0 Å². The van der Waals surface area contributed by atoms with E-state index in [4.69, 9.17) is 24.0 Å². The van der Waals surface area contributed by atoms with E-state index in [2.05, 4.69) is 4.52 Å². The Morgan fingerprint density at radius 1 is 0.880 bits per heavy atom. The molecule has 0 spiro atoms. The zero-order chi connectivity index (χ0) is 18.6. The van der Waals surface area contributed by atoms with Crippen LogP contribution in [0.1, 0.15) is 15.9 Å². The van der Waals surface area contributed by atoms with Crippen molar-refractivity contribution in [3.8, 4) is 23.0 Å². The predicted molar refractivity (Wildman–Crippen MR) is 88.6 cm³/mol. The third-order valence-electron chi connectivity index (χ3n) is 3.28. The Balaban J connectivity index is 2.42. The Morgan fingerprint density at radius 2 is 1.40 bits per heavy atom. The number of benzene rings is 2. The molecule has 0 fully saturated rings. The molecule has 0 aliphatic carbocycles. The second-order valence-electron chi connectivity index (χ2n) is 4.84. The Bertz CT molecular complexity index is 784. The first-order valence-corrected chi connectivity index (χ1v) is 8.52. The molecule has 0 aliphatic heterocycles. The number of carbonyl (C=O) groups is 1. The number of carbonyl (C=O) groups excluding carboxylic acids is 1. The van der Waals surface area contributed by atoms with Crippen molar-refractivity contribution in [1.29, 1.82) is 0 Å². The molecule has 2 aromatic rings. The van der Waals surface area contributed by atoms with Crippen molar-refractivity contribution in [3.63, 3.8) is 0 Å². The van der Waals surface area contributed by atoms with Gasteiger partial charge in [-0.15, -0.1) is 0 Å². The number of phosphoric ester groups is 1. The number of phosphoric acid groups is 1. The number of ketones is 1. The Morgan fingerprint density at radius 3 is 1.80 bits per heavy atom. The molecule has 0 saturated carbocycles. The van der Waals surface area contributed by atoms with Gasteiger partial charge in [0.15, 0.2) is 0 Å². The maximum atomic E-state index is 12.8. The highest BCUT2D eigenvalue weighted by molar-refractivity contribution is 7.46. The Hall–Kier alpha value is -2.54. The summed E-state index contributed by atoms with van der Waals surface area (Å²) in [6.45, 7) is 0. The molecular weight excluding hydrogens is 351 g/mol. The molecule has 0 aliphatic rings. The SMILES string of the molecule is COc1cc(OC)c(C(=O)c2ccc(OP(=O)(O)O)cc2)c(OC)c1. The lowest BCUT2D eigenvalue weighted by molar-refractivity contribution is 0.103. The highest BCUT2D eigenvalue weighted by Crippen LogP contribution is 2.38. The highest BCUT2D eigenvalue weighted by Gasteiger charge is 2.22. The van der Waals surface area contributed by atoms with E-state index < -0.39 is 7.82 Å². The minimum absolute atomic E-state index is 0.0569. The third kappa shape index (κ3) is 4.51. The summed E-state index contributed by atoms with van der Waals surface area (Å²) in [5, 5.41) is 0. The number of hydrogen-bond donors (Lipinski definition) is 2. The fraction of sp³-hybridized carbons (Fsp3) is 0.188. The van der Waals surface area contributed by atoms with Gasteiger partial charge in [0.1, 0.15) is 28.6 Å². The molecule has 0 atom stereocenters. The van der Waals surface area contributed by atoms with Crippen molar-refractivity contribution >= 4 is 13.6 Å². The Kier molecular flexibility index (Phi) is 5.69. The van der Waals surface area contributed by atoms with Crippen LogP contribution in [0.5, 0.6) is 23.0 Å². The van der Waals surface area contributed by atoms with E-state index in [9.17, 15) is 9.36 Å². The smallest absolute Gasteiger partial charge is 0.496 e. The van der Waals surface area contributed by atoms with Crippen LogP contribution >= 0.6 is 7.82 Å². The molecule has 0 radical (unpaired) electrons. The van der Waals surface area contributed by atoms with Crippen molar-refractivity contribution in [1.82, 2.24) is 0 Å². The molecule has 134 valence electrons. The van der Waals surface area contributed by atoms with Crippen LogP contribution < -0.4 is 18.7 Å². The van der Waals surface area contributed by atoms with Crippen molar-refractivity contribution in [2.45, 2.75) is 0 Å². The lowest BCUT2D eigenvalue weighted by Gasteiger charge is -2.14. The molecule has 0 heterocycles. The quantitative estimate of drug-likeness (QED) is 0.566. The van der Waals surface area contributed by atoms with Crippen LogP contribution in [0.15, 0.2) is 36.4 Å². The van der Waals surface area contributed by atoms with Gasteiger partial charge >= 0.3 is 7.82 Å². The van der Waals surface area contributed by atoms with E-state index in [1.165, 1.54) is 45.6 Å². The minimum atomic E-state index is -4.66. The summed E-state index contributed by atoms with van der Waals surface area (Å²) in [5.74, 6) is 0.571. The van der Waals surface area contributed by atoms with E-state index in [0.29, 0.717) is 5.75 Å². The van der Waals surface area contributed by atoms with E-state index in [0.717, 1.165) is 0 Å². The van der Waals surface area contributed by atoms with E-state index >= 15 is 0 Å². The first kappa shape index (κ1) is 18.8. The average molecular weight is 368 g/mol. The number of rotatable bonds is 7. The van der Waals surface area contributed by atoms with Crippen molar-refractivity contribution in [2.75, 3.05) is 21.3 Å². The average Bonchev–Trinajstić information content (AvgIpc) is 2.59. The molecule has 2 aromatic carbocycles. The molecule has 0 unspecified atom stereocenters. The Labute approximate surface area is 144 Å². The maximum absolute atomic E-state index is 12.8. The normalized spacial score (nSPS) is 10.9. The molecule has 0 amide bonds. The largest absolute Gasteiger partial charge is 0.524 e. The van der Waals surface area contributed by atoms with Crippen LogP contribution in [0.4, 0.5) is 0 Å². The molecule has 25 heavy (non-hydrogen) atoms. The maximum Gasteiger partial charge on any atom is 0.524 e. The highest BCUT2D eigenvalue weighted by atomic mass is 31.2. The summed E-state index contributed by atoms with van der Waals surface area (Å²) in [7, 11) is -0.339. The number of ether oxygens (including phenoxy) is 3. The number of hydrogen-bond acceptors (Lipinski definition) is 6. The third-order valence-corrected chi connectivity index (χ3v) is 3.73. The fourth-order valence-corrected chi connectivity index (χ4v) is 2.57. The molecule has 2 N–H and O–H groups in total. The molecular formula is C16H17O8P. The van der Waals surface area contributed by atoms with Crippen LogP contribution in [0.2, 0.25) is 0 Å². The van der Waals surface area contributed by atoms with Gasteiger partial charge in [-0.3, -0.25) is 14.6 Å². The summed E-state index contributed by atoms with van der Waals surface area (Å²) in [6.07, 6.45) is 0. The topological polar surface area (TPSA) is 112 Å². The van der Waals surface area contributed by atoms with Crippen LogP contribution in [0.3, 0.4) is 0 Å².